The molecule has 0 atom stereocenters. The molecule has 0 unspecified atom stereocenters. The highest BCUT2D eigenvalue weighted by Gasteiger charge is 2.19. The third-order valence-electron chi connectivity index (χ3n) is 8.01. The number of aromatic nitrogens is 4. The van der Waals surface area contributed by atoms with E-state index in [9.17, 15) is 0 Å². The van der Waals surface area contributed by atoms with E-state index in [4.69, 9.17) is 14.4 Å². The third-order valence-corrected chi connectivity index (χ3v) is 8.01. The Bertz CT molecular complexity index is 1920. The van der Waals surface area contributed by atoms with Crippen molar-refractivity contribution in [2.24, 2.45) is 0 Å². The summed E-state index contributed by atoms with van der Waals surface area (Å²) in [6, 6.07) is 17.5. The van der Waals surface area contributed by atoms with Crippen molar-refractivity contribution >= 4 is 46.4 Å². The number of H-pyrrole nitrogens is 2. The quantitative estimate of drug-likeness (QED) is 0.231. The van der Waals surface area contributed by atoms with E-state index < -0.39 is 0 Å². The average molecular weight is 537 g/mol. The third kappa shape index (κ3) is 4.25. The van der Waals surface area contributed by atoms with Gasteiger partial charge in [0.05, 0.1) is 22.4 Å². The van der Waals surface area contributed by atoms with Gasteiger partial charge in [-0.25, -0.2) is 9.97 Å². The smallest absolute Gasteiger partial charge is 0.221 e. The standard InChI is InChI=1S/C36H32N4O/c1-19-15-21(3)33(22(4)16-19)35-27-9-7-25(37-27)26-8-10-28(38-26)36(34-23(5)17-20(2)18-24(34)6)30-12-14-32(40-30)41-31-13-11-29(35)39-31/h7-18,37-38H,1-6H3. The number of hydrogen-bond acceptors (Lipinski definition) is 3. The lowest BCUT2D eigenvalue weighted by molar-refractivity contribution is 0.499. The lowest BCUT2D eigenvalue weighted by Gasteiger charge is -2.13. The fourth-order valence-electron chi connectivity index (χ4n) is 6.53. The predicted octanol–water partition coefficient (Wildman–Crippen LogP) is 9.43. The number of aryl methyl sites for hydroxylation is 6. The summed E-state index contributed by atoms with van der Waals surface area (Å²) in [6.07, 6.45) is 7.91. The molecule has 0 radical (unpaired) electrons. The van der Waals surface area contributed by atoms with E-state index in [1.165, 1.54) is 44.5 Å². The van der Waals surface area contributed by atoms with Gasteiger partial charge in [0.1, 0.15) is 0 Å². The zero-order valence-electron chi connectivity index (χ0n) is 24.2. The second kappa shape index (κ2) is 9.34. The lowest BCUT2D eigenvalue weighted by atomic mass is 9.92. The molecule has 2 aromatic carbocycles. The Morgan fingerprint density at radius 2 is 0.829 bits per heavy atom. The van der Waals surface area contributed by atoms with Gasteiger partial charge in [0.25, 0.3) is 0 Å². The molecule has 0 saturated heterocycles. The second-order valence-corrected chi connectivity index (χ2v) is 11.3. The van der Waals surface area contributed by atoms with Gasteiger partial charge in [-0.05, 0) is 111 Å². The molecule has 8 bridgehead atoms. The maximum Gasteiger partial charge on any atom is 0.221 e. The average Bonchev–Trinajstić information content (AvgIpc) is 3.71. The first kappa shape index (κ1) is 25.1. The van der Waals surface area contributed by atoms with Crippen LogP contribution in [-0.4, -0.2) is 19.9 Å². The van der Waals surface area contributed by atoms with Crippen LogP contribution in [0.2, 0.25) is 0 Å². The van der Waals surface area contributed by atoms with Crippen molar-refractivity contribution in [3.8, 4) is 22.3 Å². The molecule has 7 rings (SSSR count). The van der Waals surface area contributed by atoms with Gasteiger partial charge in [0, 0.05) is 34.3 Å². The maximum absolute atomic E-state index is 6.25. The minimum Gasteiger partial charge on any atom is -0.421 e. The fraction of sp³-hybridized carbons (Fsp3) is 0.167. The summed E-state index contributed by atoms with van der Waals surface area (Å²) < 4.78 is 6.25. The Balaban J connectivity index is 1.62. The Labute approximate surface area is 239 Å². The number of fused-ring (bicyclic) bond motifs is 9. The molecule has 0 saturated carbocycles. The van der Waals surface area contributed by atoms with Gasteiger partial charge in [-0.3, -0.25) is 0 Å². The van der Waals surface area contributed by atoms with Crippen LogP contribution >= 0.6 is 0 Å². The number of aromatic amines is 2. The Kier molecular flexibility index (Phi) is 5.72. The van der Waals surface area contributed by atoms with Crippen LogP contribution in [0, 0.1) is 41.5 Å². The minimum absolute atomic E-state index is 0.525. The van der Waals surface area contributed by atoms with Crippen LogP contribution in [0.25, 0.3) is 68.6 Å². The molecule has 0 fully saturated rings. The molecule has 0 amide bonds. The summed E-state index contributed by atoms with van der Waals surface area (Å²) >= 11 is 0. The van der Waals surface area contributed by atoms with E-state index in [0.29, 0.717) is 11.8 Å². The Hall–Kier alpha value is -4.90. The van der Waals surface area contributed by atoms with Crippen molar-refractivity contribution in [3.05, 3.63) is 105 Å². The first-order chi connectivity index (χ1) is 19.7. The second-order valence-electron chi connectivity index (χ2n) is 11.3. The Morgan fingerprint density at radius 1 is 0.463 bits per heavy atom. The molecule has 5 heterocycles. The summed E-state index contributed by atoms with van der Waals surface area (Å²) in [5, 5.41) is 0. The molecule has 2 aliphatic rings. The van der Waals surface area contributed by atoms with Gasteiger partial charge in [-0.1, -0.05) is 35.4 Å². The normalized spacial score (nSPS) is 12.4. The van der Waals surface area contributed by atoms with Crippen molar-refractivity contribution in [1.29, 1.82) is 0 Å². The van der Waals surface area contributed by atoms with Crippen LogP contribution < -0.4 is 0 Å². The fourth-order valence-corrected chi connectivity index (χ4v) is 6.53. The van der Waals surface area contributed by atoms with Crippen LogP contribution in [0.4, 0.5) is 0 Å². The summed E-state index contributed by atoms with van der Waals surface area (Å²) in [4.78, 5) is 17.3. The van der Waals surface area contributed by atoms with Crippen molar-refractivity contribution in [1.82, 2.24) is 19.9 Å². The van der Waals surface area contributed by atoms with Gasteiger partial charge in [0.15, 0.2) is 0 Å². The molecule has 2 N–H and O–H groups in total. The van der Waals surface area contributed by atoms with Crippen LogP contribution in [0.5, 0.6) is 0 Å². The van der Waals surface area contributed by atoms with Crippen LogP contribution in [0.1, 0.15) is 56.6 Å². The summed E-state index contributed by atoms with van der Waals surface area (Å²) in [6.45, 7) is 12.9. The predicted molar refractivity (Wildman–Crippen MR) is 170 cm³/mol. The van der Waals surface area contributed by atoms with Gasteiger partial charge < -0.3 is 14.4 Å². The van der Waals surface area contributed by atoms with E-state index in [1.807, 2.05) is 24.3 Å². The van der Waals surface area contributed by atoms with Crippen LogP contribution in [0.15, 0.2) is 52.9 Å². The molecule has 0 aliphatic carbocycles. The number of hydrogen-bond donors (Lipinski definition) is 2. The molecular weight excluding hydrogens is 504 g/mol. The number of nitrogens with zero attached hydrogens (tertiary/aromatic N) is 2. The zero-order valence-corrected chi connectivity index (χ0v) is 24.2. The zero-order chi connectivity index (χ0) is 28.4. The lowest BCUT2D eigenvalue weighted by Crippen LogP contribution is -1.93. The first-order valence-electron chi connectivity index (χ1n) is 14.0. The summed E-state index contributed by atoms with van der Waals surface area (Å²) in [7, 11) is 0. The molecule has 41 heavy (non-hydrogen) atoms. The summed E-state index contributed by atoms with van der Waals surface area (Å²) in [5.41, 5.74) is 17.6. The molecule has 5 heteroatoms. The van der Waals surface area contributed by atoms with Crippen molar-refractivity contribution in [2.75, 3.05) is 0 Å². The van der Waals surface area contributed by atoms with Gasteiger partial charge in [-0.2, -0.15) is 0 Å². The van der Waals surface area contributed by atoms with E-state index >= 15 is 0 Å². The van der Waals surface area contributed by atoms with Gasteiger partial charge >= 0.3 is 0 Å². The van der Waals surface area contributed by atoms with Crippen LogP contribution in [0.3, 0.4) is 0 Å². The number of benzene rings is 2. The Morgan fingerprint density at radius 3 is 1.22 bits per heavy atom. The van der Waals surface area contributed by atoms with E-state index in [2.05, 4.69) is 100 Å². The maximum atomic E-state index is 6.25. The molecule has 5 nitrogen and oxygen atoms in total. The highest BCUT2D eigenvalue weighted by Crippen LogP contribution is 2.37. The number of nitrogens with one attached hydrogen (secondary N) is 2. The van der Waals surface area contributed by atoms with Crippen molar-refractivity contribution in [2.45, 2.75) is 41.5 Å². The van der Waals surface area contributed by atoms with Gasteiger partial charge in [-0.15, -0.1) is 0 Å². The summed E-state index contributed by atoms with van der Waals surface area (Å²) in [5.74, 6) is 1.05. The van der Waals surface area contributed by atoms with Crippen LogP contribution in [-0.2, 0) is 0 Å². The largest absolute Gasteiger partial charge is 0.421 e. The monoisotopic (exact) mass is 536 g/mol. The van der Waals surface area contributed by atoms with Crippen molar-refractivity contribution < 1.29 is 4.42 Å². The van der Waals surface area contributed by atoms with E-state index in [1.54, 1.807) is 0 Å². The molecule has 5 aromatic rings. The molecule has 202 valence electrons. The van der Waals surface area contributed by atoms with Gasteiger partial charge in [0.2, 0.25) is 11.8 Å². The minimum atomic E-state index is 0.525. The highest BCUT2D eigenvalue weighted by atomic mass is 16.4. The molecular formula is C36H32N4O. The van der Waals surface area contributed by atoms with E-state index in [0.717, 1.165) is 44.6 Å². The SMILES string of the molecule is Cc1cc(C)c(-c2c3nc(oc4nc(c(-c5c(C)cc(C)cc5C)c5ccc([nH]5)c5ccc2[nH]5)C=C4)C=C3)c(C)c1. The number of rotatable bonds is 2. The topological polar surface area (TPSA) is 70.5 Å². The molecule has 0 spiro atoms. The highest BCUT2D eigenvalue weighted by molar-refractivity contribution is 5.96. The molecule has 3 aromatic heterocycles. The van der Waals surface area contributed by atoms with Crippen molar-refractivity contribution in [3.63, 3.8) is 0 Å². The first-order valence-corrected chi connectivity index (χ1v) is 14.0. The molecule has 2 aliphatic heterocycles. The van der Waals surface area contributed by atoms with E-state index in [-0.39, 0.29) is 0 Å².